The number of aryl methyl sites for hydroxylation is 3. The molecule has 7 heteroatoms. The van der Waals surface area contributed by atoms with E-state index in [-0.39, 0.29) is 11.5 Å². The van der Waals surface area contributed by atoms with Crippen molar-refractivity contribution >= 4 is 28.8 Å². The molecule has 0 radical (unpaired) electrons. The van der Waals surface area contributed by atoms with Gasteiger partial charge in [0, 0.05) is 11.4 Å². The van der Waals surface area contributed by atoms with Gasteiger partial charge in [-0.15, -0.1) is 0 Å². The second kappa shape index (κ2) is 7.64. The van der Waals surface area contributed by atoms with Crippen molar-refractivity contribution in [3.8, 4) is 0 Å². The molecule has 0 fully saturated rings. The van der Waals surface area contributed by atoms with E-state index in [2.05, 4.69) is 20.6 Å². The van der Waals surface area contributed by atoms with Crippen LogP contribution in [0.4, 0.5) is 28.8 Å². The molecule has 3 rings (SSSR count). The normalized spacial score (nSPS) is 10.6. The fourth-order valence-electron chi connectivity index (χ4n) is 2.95. The van der Waals surface area contributed by atoms with Crippen LogP contribution in [0.25, 0.3) is 0 Å². The third-order valence-electron chi connectivity index (χ3n) is 4.95. The van der Waals surface area contributed by atoms with Crippen LogP contribution in [0.2, 0.25) is 0 Å². The number of aromatic nitrogens is 2. The average Bonchev–Trinajstić information content (AvgIpc) is 2.62. The van der Waals surface area contributed by atoms with Crippen molar-refractivity contribution < 1.29 is 4.92 Å². The van der Waals surface area contributed by atoms with Crippen LogP contribution in [0.3, 0.4) is 0 Å². The fourth-order valence-corrected chi connectivity index (χ4v) is 2.95. The maximum absolute atomic E-state index is 11.6. The van der Waals surface area contributed by atoms with E-state index in [1.165, 1.54) is 0 Å². The van der Waals surface area contributed by atoms with Crippen LogP contribution in [-0.2, 0) is 0 Å². The zero-order chi connectivity index (χ0) is 20.4. The van der Waals surface area contributed by atoms with Gasteiger partial charge in [0.05, 0.1) is 4.92 Å². The number of hydrogen-bond donors (Lipinski definition) is 2. The van der Waals surface area contributed by atoms with Gasteiger partial charge in [-0.2, -0.15) is 4.98 Å². The number of nitrogens with zero attached hydrogens (tertiary/aromatic N) is 3. The molecule has 1 heterocycles. The van der Waals surface area contributed by atoms with Crippen LogP contribution in [0.1, 0.15) is 27.9 Å². The molecule has 1 aromatic heterocycles. The lowest BCUT2D eigenvalue weighted by Crippen LogP contribution is -2.08. The lowest BCUT2D eigenvalue weighted by molar-refractivity contribution is -0.385. The van der Waals surface area contributed by atoms with Gasteiger partial charge in [0.25, 0.3) is 0 Å². The van der Waals surface area contributed by atoms with Gasteiger partial charge < -0.3 is 10.6 Å². The minimum absolute atomic E-state index is 0.132. The number of benzene rings is 2. The minimum atomic E-state index is -0.454. The predicted octanol–water partition coefficient (Wildman–Crippen LogP) is 5.41. The van der Waals surface area contributed by atoms with Gasteiger partial charge in [0.1, 0.15) is 5.69 Å². The Balaban J connectivity index is 2.06. The van der Waals surface area contributed by atoms with Gasteiger partial charge in [-0.05, 0) is 69.0 Å². The topological polar surface area (TPSA) is 93.0 Å². The van der Waals surface area contributed by atoms with Crippen LogP contribution < -0.4 is 10.6 Å². The summed E-state index contributed by atoms with van der Waals surface area (Å²) in [4.78, 5) is 19.9. The molecule has 0 aliphatic carbocycles. The molecule has 3 aromatic rings. The molecule has 7 nitrogen and oxygen atoms in total. The molecule has 2 aromatic carbocycles. The van der Waals surface area contributed by atoms with E-state index < -0.39 is 4.92 Å². The molecular formula is C21H23N5O2. The van der Waals surface area contributed by atoms with Gasteiger partial charge in [-0.1, -0.05) is 24.3 Å². The van der Waals surface area contributed by atoms with Crippen molar-refractivity contribution in [1.82, 2.24) is 9.97 Å². The second-order valence-corrected chi connectivity index (χ2v) is 6.83. The van der Waals surface area contributed by atoms with Crippen LogP contribution in [0.15, 0.2) is 36.4 Å². The summed E-state index contributed by atoms with van der Waals surface area (Å²) in [5.74, 6) is 0.476. The number of rotatable bonds is 5. The first-order valence-corrected chi connectivity index (χ1v) is 8.97. The molecule has 0 aliphatic rings. The van der Waals surface area contributed by atoms with E-state index >= 15 is 0 Å². The third kappa shape index (κ3) is 3.78. The van der Waals surface area contributed by atoms with Crippen molar-refractivity contribution in [2.45, 2.75) is 34.6 Å². The Morgan fingerprint density at radius 3 is 1.89 bits per heavy atom. The lowest BCUT2D eigenvalue weighted by atomic mass is 10.1. The number of nitro groups is 1. The molecular weight excluding hydrogens is 354 g/mol. The van der Waals surface area contributed by atoms with Crippen molar-refractivity contribution in [2.24, 2.45) is 0 Å². The van der Waals surface area contributed by atoms with Crippen LogP contribution >= 0.6 is 0 Å². The number of nitrogens with one attached hydrogen (secondary N) is 2. The second-order valence-electron chi connectivity index (χ2n) is 6.83. The van der Waals surface area contributed by atoms with Crippen LogP contribution in [0, 0.1) is 44.7 Å². The Kier molecular flexibility index (Phi) is 5.26. The molecule has 2 N–H and O–H groups in total. The summed E-state index contributed by atoms with van der Waals surface area (Å²) in [5.41, 5.74) is 6.12. The summed E-state index contributed by atoms with van der Waals surface area (Å²) < 4.78 is 0. The molecule has 144 valence electrons. The Bertz CT molecular complexity index is 1060. The SMILES string of the molecule is Cc1cccc(Nc2nc(C)c([N+](=O)[O-])c(Nc3cccc(C)c3C)n2)c1C. The molecule has 0 saturated carbocycles. The maximum Gasteiger partial charge on any atom is 0.332 e. The van der Waals surface area contributed by atoms with Crippen LogP contribution in [-0.4, -0.2) is 14.9 Å². The zero-order valence-corrected chi connectivity index (χ0v) is 16.6. The largest absolute Gasteiger partial charge is 0.334 e. The fraction of sp³-hybridized carbons (Fsp3) is 0.238. The smallest absolute Gasteiger partial charge is 0.332 e. The maximum atomic E-state index is 11.6. The highest BCUT2D eigenvalue weighted by Gasteiger charge is 2.23. The first kappa shape index (κ1) is 19.3. The zero-order valence-electron chi connectivity index (χ0n) is 16.6. The quantitative estimate of drug-likeness (QED) is 0.456. The molecule has 0 bridgehead atoms. The number of anilines is 4. The standard InChI is InChI=1S/C21H23N5O2/c1-12-8-6-10-17(14(12)3)23-20-19(26(27)28)16(5)22-21(25-20)24-18-11-7-9-13(2)15(18)4/h6-11H,1-5H3,(H2,22,23,24,25). The van der Waals surface area contributed by atoms with Crippen molar-refractivity contribution in [1.29, 1.82) is 0 Å². The predicted molar refractivity (Wildman–Crippen MR) is 112 cm³/mol. The summed E-state index contributed by atoms with van der Waals surface area (Å²) in [6.07, 6.45) is 0. The monoisotopic (exact) mass is 377 g/mol. The van der Waals surface area contributed by atoms with Crippen molar-refractivity contribution in [3.05, 3.63) is 74.5 Å². The summed E-state index contributed by atoms with van der Waals surface area (Å²) in [5, 5.41) is 17.9. The Labute approximate surface area is 164 Å². The van der Waals surface area contributed by atoms with E-state index in [0.29, 0.717) is 11.6 Å². The highest BCUT2D eigenvalue weighted by molar-refractivity contribution is 5.72. The van der Waals surface area contributed by atoms with E-state index in [4.69, 9.17) is 0 Å². The molecule has 0 saturated heterocycles. The van der Waals surface area contributed by atoms with Gasteiger partial charge >= 0.3 is 5.69 Å². The van der Waals surface area contributed by atoms with Crippen molar-refractivity contribution in [3.63, 3.8) is 0 Å². The third-order valence-corrected chi connectivity index (χ3v) is 4.95. The summed E-state index contributed by atoms with van der Waals surface area (Å²) in [7, 11) is 0. The van der Waals surface area contributed by atoms with E-state index in [1.807, 2.05) is 64.1 Å². The van der Waals surface area contributed by atoms with Crippen molar-refractivity contribution in [2.75, 3.05) is 10.6 Å². The average molecular weight is 377 g/mol. The van der Waals surface area contributed by atoms with Gasteiger partial charge in [0.2, 0.25) is 11.8 Å². The Hall–Kier alpha value is -3.48. The van der Waals surface area contributed by atoms with Crippen LogP contribution in [0.5, 0.6) is 0 Å². The molecule has 0 amide bonds. The van der Waals surface area contributed by atoms with E-state index in [1.54, 1.807) is 6.92 Å². The lowest BCUT2D eigenvalue weighted by Gasteiger charge is -2.14. The summed E-state index contributed by atoms with van der Waals surface area (Å²) in [6, 6.07) is 11.7. The molecule has 28 heavy (non-hydrogen) atoms. The highest BCUT2D eigenvalue weighted by atomic mass is 16.6. The molecule has 0 unspecified atom stereocenters. The van der Waals surface area contributed by atoms with Gasteiger partial charge in [-0.3, -0.25) is 10.1 Å². The summed E-state index contributed by atoms with van der Waals surface area (Å²) in [6.45, 7) is 9.60. The minimum Gasteiger partial charge on any atom is -0.334 e. The molecule has 0 aliphatic heterocycles. The molecule has 0 atom stereocenters. The molecule has 0 spiro atoms. The number of hydrogen-bond acceptors (Lipinski definition) is 6. The summed E-state index contributed by atoms with van der Waals surface area (Å²) >= 11 is 0. The first-order chi connectivity index (χ1) is 13.3. The van der Waals surface area contributed by atoms with Gasteiger partial charge in [0.15, 0.2) is 0 Å². The van der Waals surface area contributed by atoms with Gasteiger partial charge in [-0.25, -0.2) is 4.98 Å². The Morgan fingerprint density at radius 2 is 1.36 bits per heavy atom. The van der Waals surface area contributed by atoms with E-state index in [0.717, 1.165) is 33.6 Å². The van der Waals surface area contributed by atoms with E-state index in [9.17, 15) is 10.1 Å². The highest BCUT2D eigenvalue weighted by Crippen LogP contribution is 2.32. The first-order valence-electron chi connectivity index (χ1n) is 8.97. The Morgan fingerprint density at radius 1 is 0.821 bits per heavy atom.